The second-order valence-corrected chi connectivity index (χ2v) is 9.01. The van der Waals surface area contributed by atoms with Crippen LogP contribution in [0, 0.1) is 0 Å². The number of anilines is 2. The van der Waals surface area contributed by atoms with Crippen molar-refractivity contribution in [3.63, 3.8) is 0 Å². The van der Waals surface area contributed by atoms with Gasteiger partial charge >= 0.3 is 0 Å². The van der Waals surface area contributed by atoms with Gasteiger partial charge in [-0.15, -0.1) is 0 Å². The first-order valence-electron chi connectivity index (χ1n) is 12.6. The maximum absolute atomic E-state index is 12.0. The number of nitrogens with one attached hydrogen (secondary N) is 2. The molecule has 2 aliphatic carbocycles. The third-order valence-corrected chi connectivity index (χ3v) is 6.41. The van der Waals surface area contributed by atoms with Gasteiger partial charge in [0.15, 0.2) is 11.6 Å². The molecule has 4 N–H and O–H groups in total. The van der Waals surface area contributed by atoms with E-state index in [1.54, 1.807) is 61.0 Å². The van der Waals surface area contributed by atoms with Crippen LogP contribution in [0.15, 0.2) is 122 Å². The van der Waals surface area contributed by atoms with Crippen molar-refractivity contribution in [3.8, 4) is 11.5 Å². The molecule has 4 aromatic carbocycles. The van der Waals surface area contributed by atoms with Crippen molar-refractivity contribution in [1.29, 1.82) is 0 Å². The summed E-state index contributed by atoms with van der Waals surface area (Å²) >= 11 is 0. The molecule has 0 bridgehead atoms. The van der Waals surface area contributed by atoms with Crippen molar-refractivity contribution >= 4 is 46.2 Å². The van der Waals surface area contributed by atoms with E-state index in [1.807, 2.05) is 72.8 Å². The number of phenols is 2. The van der Waals surface area contributed by atoms with Crippen LogP contribution in [-0.2, 0) is 31.3 Å². The summed E-state index contributed by atoms with van der Waals surface area (Å²) in [4.78, 5) is 24.0. The van der Waals surface area contributed by atoms with Crippen molar-refractivity contribution in [2.45, 2.75) is 0 Å². The number of ketones is 2. The van der Waals surface area contributed by atoms with Gasteiger partial charge in [-0.1, -0.05) is 84.9 Å². The first-order valence-corrected chi connectivity index (χ1v) is 12.6. The molecule has 0 heterocycles. The first kappa shape index (κ1) is 29.1. The molecule has 0 aromatic heterocycles. The molecule has 0 fully saturated rings. The van der Waals surface area contributed by atoms with Crippen molar-refractivity contribution in [2.75, 3.05) is 10.6 Å². The van der Waals surface area contributed by atoms with Crippen LogP contribution >= 0.6 is 0 Å². The topological polar surface area (TPSA) is 98.7 Å². The normalized spacial score (nSPS) is 14.8. The second kappa shape index (κ2) is 13.4. The summed E-state index contributed by atoms with van der Waals surface area (Å²) in [7, 11) is 0. The van der Waals surface area contributed by atoms with Crippen LogP contribution in [0.4, 0.5) is 11.4 Å². The number of hydrogen-bond donors (Lipinski definition) is 4. The van der Waals surface area contributed by atoms with Crippen LogP contribution in [0.1, 0.15) is 22.3 Å². The summed E-state index contributed by atoms with van der Waals surface area (Å²) in [5, 5.41) is 25.4. The zero-order valence-electron chi connectivity index (χ0n) is 21.9. The number of fused-ring (bicyclic) bond motifs is 2. The third-order valence-electron chi connectivity index (χ3n) is 6.41. The van der Waals surface area contributed by atoms with E-state index < -0.39 is 0 Å². The van der Waals surface area contributed by atoms with Crippen molar-refractivity contribution in [1.82, 2.24) is 0 Å². The van der Waals surface area contributed by atoms with E-state index in [2.05, 4.69) is 10.6 Å². The molecule has 4 aromatic rings. The van der Waals surface area contributed by atoms with Gasteiger partial charge in [0.1, 0.15) is 11.5 Å². The maximum Gasteiger partial charge on any atom is 0.187 e. The van der Waals surface area contributed by atoms with Gasteiger partial charge in [0, 0.05) is 45.3 Å². The zero-order chi connectivity index (χ0) is 27.9. The molecule has 0 saturated carbocycles. The Morgan fingerprint density at radius 2 is 0.854 bits per heavy atom. The summed E-state index contributed by atoms with van der Waals surface area (Å²) < 4.78 is 0. The summed E-state index contributed by atoms with van der Waals surface area (Å²) in [5.74, 6) is 0.200. The number of carbonyl (C=O) groups is 2. The predicted molar refractivity (Wildman–Crippen MR) is 160 cm³/mol. The molecule has 41 heavy (non-hydrogen) atoms. The predicted octanol–water partition coefficient (Wildman–Crippen LogP) is 6.88. The van der Waals surface area contributed by atoms with Gasteiger partial charge in [-0.3, -0.25) is 9.59 Å². The second-order valence-electron chi connectivity index (χ2n) is 9.01. The van der Waals surface area contributed by atoms with Crippen LogP contribution in [0.25, 0.3) is 23.3 Å². The Kier molecular flexibility index (Phi) is 9.53. The minimum atomic E-state index is -0.0494. The summed E-state index contributed by atoms with van der Waals surface area (Å²) in [6, 6.07) is 29.3. The van der Waals surface area contributed by atoms with E-state index in [9.17, 15) is 19.8 Å². The van der Waals surface area contributed by atoms with E-state index in [0.717, 1.165) is 22.3 Å². The van der Waals surface area contributed by atoms with Gasteiger partial charge < -0.3 is 20.8 Å². The minimum absolute atomic E-state index is 0. The molecule has 7 heteroatoms. The number of hydrogen-bond acceptors (Lipinski definition) is 6. The van der Waals surface area contributed by atoms with Crippen molar-refractivity contribution in [3.05, 3.63) is 144 Å². The van der Waals surface area contributed by atoms with E-state index >= 15 is 0 Å². The van der Waals surface area contributed by atoms with E-state index in [0.29, 0.717) is 22.5 Å². The quantitative estimate of drug-likeness (QED) is 0.121. The Hall–Kier alpha value is -4.91. The fourth-order valence-electron chi connectivity index (χ4n) is 4.34. The molecule has 0 unspecified atom stereocenters. The van der Waals surface area contributed by atoms with E-state index in [-0.39, 0.29) is 44.8 Å². The molecule has 0 atom stereocenters. The molecule has 6 rings (SSSR count). The van der Waals surface area contributed by atoms with Gasteiger partial charge in [-0.05, 0) is 58.7 Å². The number of aromatic hydroxyl groups is 2. The molecule has 6 nitrogen and oxygen atoms in total. The van der Waals surface area contributed by atoms with E-state index in [1.165, 1.54) is 0 Å². The molecule has 200 valence electrons. The molecule has 0 amide bonds. The zero-order valence-corrected chi connectivity index (χ0v) is 23.5. The third kappa shape index (κ3) is 6.82. The Balaban J connectivity index is 0.000000184. The van der Waals surface area contributed by atoms with Crippen LogP contribution in [-0.4, -0.2) is 21.8 Å². The molecular weight excluding hydrogens is 548 g/mol. The Bertz CT molecular complexity index is 1590. The largest absolute Gasteiger partial charge is 0.506 e. The Morgan fingerprint density at radius 3 is 1.27 bits per heavy atom. The average molecular weight is 574 g/mol. The van der Waals surface area contributed by atoms with Gasteiger partial charge in [0.2, 0.25) is 0 Å². The van der Waals surface area contributed by atoms with Crippen LogP contribution in [0.3, 0.4) is 0 Å². The molecule has 0 saturated heterocycles. The maximum atomic E-state index is 12.0. The fourth-order valence-corrected chi connectivity index (χ4v) is 4.34. The molecule has 2 aliphatic rings. The number of benzene rings is 4. The number of rotatable bonds is 4. The van der Waals surface area contributed by atoms with Crippen molar-refractivity contribution in [2.24, 2.45) is 0 Å². The van der Waals surface area contributed by atoms with Crippen LogP contribution in [0.2, 0.25) is 0 Å². The number of phenolic OH excluding ortho intramolecular Hbond substituents is 2. The average Bonchev–Trinajstić information content (AvgIpc) is 2.98. The minimum Gasteiger partial charge on any atom is -0.506 e. The summed E-state index contributed by atoms with van der Waals surface area (Å²) in [6.07, 6.45) is 10.0. The Labute approximate surface area is 253 Å². The van der Waals surface area contributed by atoms with Gasteiger partial charge in [0.05, 0.1) is 11.4 Å². The van der Waals surface area contributed by atoms with Gasteiger partial charge in [-0.25, -0.2) is 0 Å². The number of para-hydroxylation sites is 4. The summed E-state index contributed by atoms with van der Waals surface area (Å²) in [6.45, 7) is 0. The smallest absolute Gasteiger partial charge is 0.187 e. The molecule has 0 spiro atoms. The fraction of sp³-hybridized carbons (Fsp3) is 0. The first-order chi connectivity index (χ1) is 19.5. The molecular formula is C34H26N2O4Ti. The van der Waals surface area contributed by atoms with E-state index in [4.69, 9.17) is 0 Å². The Morgan fingerprint density at radius 1 is 0.488 bits per heavy atom. The number of carbonyl (C=O) groups excluding carboxylic acids is 2. The number of allylic oxidation sites excluding steroid dienone is 4. The molecule has 0 aliphatic heterocycles. The monoisotopic (exact) mass is 574 g/mol. The van der Waals surface area contributed by atoms with Gasteiger partial charge in [-0.2, -0.15) is 0 Å². The van der Waals surface area contributed by atoms with Gasteiger partial charge in [0.25, 0.3) is 0 Å². The van der Waals surface area contributed by atoms with Crippen molar-refractivity contribution < 1.29 is 41.5 Å². The summed E-state index contributed by atoms with van der Waals surface area (Å²) in [5.41, 5.74) is 6.12. The SMILES string of the molecule is O=C1C=Cc2ccccc2/C1=C/Nc1ccccc1O.O=C1C=Cc2ccccc2/C1=C/Nc1ccccc1O.[Ti]. The van der Waals surface area contributed by atoms with Crippen LogP contribution < -0.4 is 10.6 Å². The van der Waals surface area contributed by atoms with Crippen LogP contribution in [0.5, 0.6) is 11.5 Å². The molecule has 0 radical (unpaired) electrons. The standard InChI is InChI=1S/2C17H13NO2.Ti/c2*19-16-10-9-12-5-1-2-6-13(12)14(16)11-18-15-7-3-4-8-17(15)20;/h2*1-11,18,20H;/b2*14-11-;.